The van der Waals surface area contributed by atoms with Crippen molar-refractivity contribution >= 4 is 11.7 Å². The van der Waals surface area contributed by atoms with Gasteiger partial charge in [-0.05, 0) is 44.0 Å². The van der Waals surface area contributed by atoms with Gasteiger partial charge >= 0.3 is 0 Å². The van der Waals surface area contributed by atoms with Crippen molar-refractivity contribution in [2.24, 2.45) is 0 Å². The Bertz CT molecular complexity index is 705. The van der Waals surface area contributed by atoms with E-state index in [1.807, 2.05) is 36.9 Å². The van der Waals surface area contributed by atoms with Gasteiger partial charge in [0.05, 0.1) is 25.9 Å². The molecule has 0 radical (unpaired) electrons. The number of aromatic nitrogens is 2. The van der Waals surface area contributed by atoms with Gasteiger partial charge in [-0.25, -0.2) is 4.68 Å². The number of amides is 1. The summed E-state index contributed by atoms with van der Waals surface area (Å²) in [5.41, 5.74) is 1.19. The highest BCUT2D eigenvalue weighted by molar-refractivity contribution is 5.90. The monoisotopic (exact) mass is 357 g/mol. The zero-order valence-corrected chi connectivity index (χ0v) is 15.7. The molecule has 0 aliphatic heterocycles. The maximum Gasteiger partial charge on any atom is 0.280 e. The third-order valence-corrected chi connectivity index (χ3v) is 4.81. The number of benzene rings is 1. The molecule has 1 aromatic carbocycles. The lowest BCUT2D eigenvalue weighted by atomic mass is 10.2. The van der Waals surface area contributed by atoms with E-state index in [0.717, 1.165) is 35.9 Å². The summed E-state index contributed by atoms with van der Waals surface area (Å²) in [7, 11) is 2.03. The zero-order valence-electron chi connectivity index (χ0n) is 15.7. The molecule has 1 aromatic heterocycles. The summed E-state index contributed by atoms with van der Waals surface area (Å²) in [6, 6.07) is 10.4. The fourth-order valence-electron chi connectivity index (χ4n) is 3.60. The van der Waals surface area contributed by atoms with Crippen molar-refractivity contribution in [3.05, 3.63) is 42.1 Å². The molecule has 1 fully saturated rings. The van der Waals surface area contributed by atoms with Gasteiger partial charge in [0.1, 0.15) is 18.1 Å². The van der Waals surface area contributed by atoms with Gasteiger partial charge in [0, 0.05) is 11.6 Å². The molecular weight excluding hydrogens is 328 g/mol. The number of ether oxygens (including phenoxy) is 1. The van der Waals surface area contributed by atoms with Gasteiger partial charge in [-0.1, -0.05) is 12.8 Å². The minimum atomic E-state index is 0.0215. The molecule has 0 saturated heterocycles. The number of carbonyl (C=O) groups excluding carboxylic acids is 1. The first kappa shape index (κ1) is 18.5. The topological polar surface area (TPSA) is 60.6 Å². The largest absolute Gasteiger partial charge is 0.494 e. The van der Waals surface area contributed by atoms with E-state index in [1.54, 1.807) is 6.20 Å². The third-order valence-electron chi connectivity index (χ3n) is 4.81. The number of rotatable bonds is 8. The second kappa shape index (κ2) is 8.85. The molecule has 0 bridgehead atoms. The Hall–Kier alpha value is -2.34. The van der Waals surface area contributed by atoms with Crippen LogP contribution in [0.4, 0.5) is 5.82 Å². The molecule has 1 aliphatic rings. The van der Waals surface area contributed by atoms with Crippen LogP contribution in [0.3, 0.4) is 0 Å². The van der Waals surface area contributed by atoms with Gasteiger partial charge in [-0.3, -0.25) is 4.79 Å². The molecule has 6 nitrogen and oxygen atoms in total. The summed E-state index contributed by atoms with van der Waals surface area (Å²) in [6.07, 6.45) is 6.55. The molecule has 0 spiro atoms. The first-order valence-electron chi connectivity index (χ1n) is 9.52. The first-order valence-corrected chi connectivity index (χ1v) is 9.52. The van der Waals surface area contributed by atoms with Crippen LogP contribution in [0.1, 0.15) is 44.2 Å². The quantitative estimate of drug-likeness (QED) is 0.760. The number of anilines is 1. The molecule has 3 rings (SSSR count). The summed E-state index contributed by atoms with van der Waals surface area (Å²) < 4.78 is 7.44. The smallest absolute Gasteiger partial charge is 0.280 e. The Labute approximate surface area is 155 Å². The lowest BCUT2D eigenvalue weighted by molar-refractivity contribution is -0.885. The van der Waals surface area contributed by atoms with Crippen LogP contribution in [0, 0.1) is 0 Å². The Morgan fingerprint density at radius 1 is 1.27 bits per heavy atom. The summed E-state index contributed by atoms with van der Waals surface area (Å²) in [6.45, 7) is 3.86. The van der Waals surface area contributed by atoms with Gasteiger partial charge < -0.3 is 15.0 Å². The van der Waals surface area contributed by atoms with Crippen LogP contribution in [-0.2, 0) is 11.3 Å². The van der Waals surface area contributed by atoms with Crippen LogP contribution in [0.15, 0.2) is 36.5 Å². The Morgan fingerprint density at radius 2 is 2.00 bits per heavy atom. The Morgan fingerprint density at radius 3 is 2.69 bits per heavy atom. The molecule has 6 heteroatoms. The molecule has 1 unspecified atom stereocenters. The van der Waals surface area contributed by atoms with Gasteiger partial charge in [-0.2, -0.15) is 5.10 Å². The van der Waals surface area contributed by atoms with E-state index in [4.69, 9.17) is 4.74 Å². The second-order valence-electron chi connectivity index (χ2n) is 7.04. The molecule has 1 aliphatic carbocycles. The van der Waals surface area contributed by atoms with Gasteiger partial charge in [0.25, 0.3) is 5.91 Å². The molecule has 1 saturated carbocycles. The fourth-order valence-corrected chi connectivity index (χ4v) is 3.60. The Balaban J connectivity index is 1.50. The van der Waals surface area contributed by atoms with Crippen LogP contribution in [-0.4, -0.2) is 35.9 Å². The van der Waals surface area contributed by atoms with Crippen LogP contribution < -0.4 is 15.0 Å². The maximum absolute atomic E-state index is 12.4. The average Bonchev–Trinajstić information content (AvgIpc) is 3.28. The molecule has 2 N–H and O–H groups in total. The van der Waals surface area contributed by atoms with Crippen LogP contribution in [0.25, 0.3) is 0 Å². The van der Waals surface area contributed by atoms with Crippen molar-refractivity contribution in [2.45, 2.75) is 45.2 Å². The molecule has 2 aromatic rings. The first-order chi connectivity index (χ1) is 12.7. The lowest BCUT2D eigenvalue weighted by Gasteiger charge is -2.17. The van der Waals surface area contributed by atoms with Gasteiger partial charge in [-0.15, -0.1) is 0 Å². The van der Waals surface area contributed by atoms with Crippen LogP contribution >= 0.6 is 0 Å². The molecule has 140 valence electrons. The number of hydrogen-bond acceptors (Lipinski definition) is 3. The standard InChI is InChI=1S/C20H28N4O2/c1-3-26-18-10-8-16(9-11-18)14-23(2)15-20(25)22-19-12-13-21-24(19)17-6-4-5-7-17/h8-13,17H,3-7,14-15H2,1-2H3,(H,22,25)/p+1. The third kappa shape index (κ3) is 4.85. The number of nitrogens with zero attached hydrogens (tertiary/aromatic N) is 2. The molecule has 1 heterocycles. The van der Waals surface area contributed by atoms with Crippen molar-refractivity contribution in [2.75, 3.05) is 25.5 Å². The normalized spacial score (nSPS) is 15.8. The fraction of sp³-hybridized carbons (Fsp3) is 0.500. The highest BCUT2D eigenvalue weighted by atomic mass is 16.5. The average molecular weight is 357 g/mol. The molecule has 26 heavy (non-hydrogen) atoms. The van der Waals surface area contributed by atoms with E-state index in [0.29, 0.717) is 19.2 Å². The summed E-state index contributed by atoms with van der Waals surface area (Å²) in [5.74, 6) is 1.72. The number of quaternary nitrogens is 1. The van der Waals surface area contributed by atoms with Crippen molar-refractivity contribution in [1.29, 1.82) is 0 Å². The second-order valence-corrected chi connectivity index (χ2v) is 7.04. The Kier molecular flexibility index (Phi) is 6.28. The van der Waals surface area contributed by atoms with E-state index >= 15 is 0 Å². The predicted octanol–water partition coefficient (Wildman–Crippen LogP) is 2.05. The highest BCUT2D eigenvalue weighted by Gasteiger charge is 2.21. The highest BCUT2D eigenvalue weighted by Crippen LogP contribution is 2.31. The van der Waals surface area contributed by atoms with Crippen LogP contribution in [0.2, 0.25) is 0 Å². The van der Waals surface area contributed by atoms with Crippen molar-refractivity contribution < 1.29 is 14.4 Å². The predicted molar refractivity (Wildman–Crippen MR) is 101 cm³/mol. The molecular formula is C20H29N4O2+. The molecule has 1 amide bonds. The van der Waals surface area contributed by atoms with Crippen molar-refractivity contribution in [3.63, 3.8) is 0 Å². The van der Waals surface area contributed by atoms with E-state index in [-0.39, 0.29) is 5.91 Å². The summed E-state index contributed by atoms with van der Waals surface area (Å²) in [5, 5.41) is 7.44. The van der Waals surface area contributed by atoms with Crippen molar-refractivity contribution in [1.82, 2.24) is 9.78 Å². The SMILES string of the molecule is CCOc1ccc(C[NH+](C)CC(=O)Nc2ccnn2C2CCCC2)cc1. The van der Waals surface area contributed by atoms with Crippen molar-refractivity contribution in [3.8, 4) is 5.75 Å². The number of hydrogen-bond donors (Lipinski definition) is 2. The zero-order chi connectivity index (χ0) is 18.4. The van der Waals surface area contributed by atoms with E-state index in [9.17, 15) is 4.79 Å². The lowest BCUT2D eigenvalue weighted by Crippen LogP contribution is -3.08. The summed E-state index contributed by atoms with van der Waals surface area (Å²) >= 11 is 0. The van der Waals surface area contributed by atoms with Crippen LogP contribution in [0.5, 0.6) is 5.75 Å². The maximum atomic E-state index is 12.4. The summed E-state index contributed by atoms with van der Waals surface area (Å²) in [4.78, 5) is 13.6. The van der Waals surface area contributed by atoms with E-state index in [1.165, 1.54) is 18.4 Å². The van der Waals surface area contributed by atoms with Gasteiger partial charge in [0.15, 0.2) is 6.54 Å². The number of nitrogens with one attached hydrogen (secondary N) is 2. The number of likely N-dealkylation sites (N-methyl/N-ethyl adjacent to an activating group) is 1. The minimum absolute atomic E-state index is 0.0215. The molecule has 1 atom stereocenters. The number of carbonyl (C=O) groups is 1. The van der Waals surface area contributed by atoms with Gasteiger partial charge in [0.2, 0.25) is 0 Å². The van der Waals surface area contributed by atoms with E-state index in [2.05, 4.69) is 22.5 Å². The minimum Gasteiger partial charge on any atom is -0.494 e. The van der Waals surface area contributed by atoms with E-state index < -0.39 is 0 Å².